The Hall–Kier alpha value is -3.83. The van der Waals surface area contributed by atoms with Crippen LogP contribution >= 0.6 is 0 Å². The number of carbonyl (C=O) groups excluding carboxylic acids is 2. The van der Waals surface area contributed by atoms with Crippen LogP contribution in [0.3, 0.4) is 0 Å². The van der Waals surface area contributed by atoms with E-state index in [4.69, 9.17) is 14.3 Å². The zero-order chi connectivity index (χ0) is 27.1. The van der Waals surface area contributed by atoms with Gasteiger partial charge in [0.1, 0.15) is 17.2 Å². The van der Waals surface area contributed by atoms with E-state index in [1.807, 2.05) is 19.2 Å². The summed E-state index contributed by atoms with van der Waals surface area (Å²) in [4.78, 5) is 26.4. The molecule has 1 saturated heterocycles. The summed E-state index contributed by atoms with van der Waals surface area (Å²) in [5.41, 5.74) is 5.90. The SMILES string of the molecule is C=C(C)N=C(OC)c1c(F)cccc1F.CNc1ccc(C(=O)N2CCOCC2CO)cc1.NC=O. The summed E-state index contributed by atoms with van der Waals surface area (Å²) in [5, 5.41) is 12.3. The van der Waals surface area contributed by atoms with Crippen LogP contribution in [0.25, 0.3) is 0 Å². The third-order valence-corrected chi connectivity index (χ3v) is 4.78. The number of aliphatic hydroxyl groups is 1. The number of nitrogens with two attached hydrogens (primary N) is 1. The molecule has 1 fully saturated rings. The third-order valence-electron chi connectivity index (χ3n) is 4.78. The van der Waals surface area contributed by atoms with Crippen molar-refractivity contribution in [3.05, 3.63) is 77.5 Å². The van der Waals surface area contributed by atoms with Gasteiger partial charge < -0.3 is 30.5 Å². The van der Waals surface area contributed by atoms with Crippen molar-refractivity contribution >= 4 is 23.9 Å². The van der Waals surface area contributed by atoms with Gasteiger partial charge in [0.05, 0.1) is 33.0 Å². The molecule has 1 heterocycles. The van der Waals surface area contributed by atoms with Gasteiger partial charge in [0.15, 0.2) is 0 Å². The normalized spacial score (nSPS) is 14.9. The molecule has 1 aliphatic rings. The first-order valence-corrected chi connectivity index (χ1v) is 10.9. The number of halogens is 2. The van der Waals surface area contributed by atoms with Gasteiger partial charge in [0, 0.05) is 30.5 Å². The number of ether oxygens (including phenoxy) is 2. The summed E-state index contributed by atoms with van der Waals surface area (Å²) >= 11 is 0. The van der Waals surface area contributed by atoms with E-state index in [2.05, 4.69) is 22.6 Å². The molecule has 1 aliphatic heterocycles. The van der Waals surface area contributed by atoms with E-state index in [0.717, 1.165) is 17.8 Å². The lowest BCUT2D eigenvalue weighted by atomic mass is 10.1. The lowest BCUT2D eigenvalue weighted by Crippen LogP contribution is -2.50. The summed E-state index contributed by atoms with van der Waals surface area (Å²) < 4.78 is 36.7. The van der Waals surface area contributed by atoms with Crippen LogP contribution in [-0.4, -0.2) is 74.8 Å². The van der Waals surface area contributed by atoms with Crippen molar-refractivity contribution in [2.75, 3.05) is 45.8 Å². The fourth-order valence-corrected chi connectivity index (χ4v) is 3.10. The molecule has 11 heteroatoms. The monoisotopic (exact) mass is 506 g/mol. The quantitative estimate of drug-likeness (QED) is 0.325. The number of allylic oxidation sites excluding steroid dienone is 1. The number of amides is 2. The number of aliphatic hydroxyl groups excluding tert-OH is 1. The van der Waals surface area contributed by atoms with E-state index >= 15 is 0 Å². The van der Waals surface area contributed by atoms with Crippen LogP contribution in [0.15, 0.2) is 59.7 Å². The standard InChI is InChI=1S/C13H18N2O3.C11H11F2NO.CH3NO/c1-14-11-4-2-10(3-5-11)13(17)15-6-7-18-9-12(15)8-16;1-7(2)14-11(15-3)10-8(12)5-4-6-9(10)13;2-1-3/h2-5,12,14,16H,6-9H2,1H3;4-6H,1H2,2-3H3;1H,(H2,2,3). The number of methoxy groups -OCH3 is 1. The summed E-state index contributed by atoms with van der Waals surface area (Å²) in [6, 6.07) is 10.6. The molecule has 36 heavy (non-hydrogen) atoms. The molecule has 2 aromatic rings. The van der Waals surface area contributed by atoms with Gasteiger partial charge in [-0.15, -0.1) is 0 Å². The predicted octanol–water partition coefficient (Wildman–Crippen LogP) is 2.55. The predicted molar refractivity (Wildman–Crippen MR) is 134 cm³/mol. The zero-order valence-electron chi connectivity index (χ0n) is 20.5. The average molecular weight is 507 g/mol. The highest BCUT2D eigenvalue weighted by Gasteiger charge is 2.27. The van der Waals surface area contributed by atoms with Crippen molar-refractivity contribution in [2.24, 2.45) is 10.7 Å². The average Bonchev–Trinajstić information content (AvgIpc) is 2.88. The minimum atomic E-state index is -0.711. The Morgan fingerprint density at radius 1 is 1.31 bits per heavy atom. The molecule has 0 aromatic heterocycles. The number of nitrogens with one attached hydrogen (secondary N) is 1. The van der Waals surface area contributed by atoms with Crippen LogP contribution in [0.2, 0.25) is 0 Å². The minimum Gasteiger partial charge on any atom is -0.480 e. The number of carbonyl (C=O) groups is 2. The summed E-state index contributed by atoms with van der Waals surface area (Å²) in [6.45, 7) is 6.51. The fraction of sp³-hybridized carbons (Fsp3) is 0.320. The van der Waals surface area contributed by atoms with Crippen molar-refractivity contribution in [1.82, 2.24) is 4.90 Å². The van der Waals surface area contributed by atoms with Crippen LogP contribution in [0.5, 0.6) is 0 Å². The second kappa shape index (κ2) is 16.0. The molecular weight excluding hydrogens is 474 g/mol. The van der Waals surface area contributed by atoms with Crippen LogP contribution in [0.4, 0.5) is 14.5 Å². The lowest BCUT2D eigenvalue weighted by molar-refractivity contribution is -0.106. The van der Waals surface area contributed by atoms with Crippen molar-refractivity contribution in [2.45, 2.75) is 13.0 Å². The molecule has 0 radical (unpaired) electrons. The van der Waals surface area contributed by atoms with E-state index in [0.29, 0.717) is 31.0 Å². The Bertz CT molecular complexity index is 1010. The Kier molecular flexibility index (Phi) is 13.4. The van der Waals surface area contributed by atoms with E-state index in [9.17, 15) is 18.7 Å². The van der Waals surface area contributed by atoms with Gasteiger partial charge in [-0.3, -0.25) is 9.59 Å². The molecule has 1 unspecified atom stereocenters. The number of hydrogen-bond donors (Lipinski definition) is 3. The van der Waals surface area contributed by atoms with Gasteiger partial charge in [-0.05, 0) is 43.3 Å². The maximum Gasteiger partial charge on any atom is 0.254 e. The summed E-state index contributed by atoms with van der Waals surface area (Å²) in [7, 11) is 3.13. The molecule has 0 aliphatic carbocycles. The number of nitrogens with zero attached hydrogens (tertiary/aromatic N) is 2. The topological polar surface area (TPSA) is 126 Å². The highest BCUT2D eigenvalue weighted by Crippen LogP contribution is 2.16. The van der Waals surface area contributed by atoms with Gasteiger partial charge in [-0.25, -0.2) is 13.8 Å². The van der Waals surface area contributed by atoms with Crippen LogP contribution in [0, 0.1) is 11.6 Å². The van der Waals surface area contributed by atoms with Gasteiger partial charge >= 0.3 is 0 Å². The number of aliphatic imine (C=N–C) groups is 1. The summed E-state index contributed by atoms with van der Waals surface area (Å²) in [5.74, 6) is -1.59. The number of hydrogen-bond acceptors (Lipinski definition) is 7. The second-order valence-electron chi connectivity index (χ2n) is 7.33. The maximum atomic E-state index is 13.3. The Morgan fingerprint density at radius 2 is 1.89 bits per heavy atom. The highest BCUT2D eigenvalue weighted by molar-refractivity contribution is 5.95. The Balaban J connectivity index is 0.000000329. The molecule has 0 bridgehead atoms. The first kappa shape index (κ1) is 30.2. The molecule has 0 saturated carbocycles. The first-order chi connectivity index (χ1) is 17.2. The molecule has 196 valence electrons. The summed E-state index contributed by atoms with van der Waals surface area (Å²) in [6.07, 6.45) is 0.250. The van der Waals surface area contributed by atoms with Crippen LogP contribution in [0.1, 0.15) is 22.8 Å². The number of primary amides is 1. The Morgan fingerprint density at radius 3 is 2.36 bits per heavy atom. The van der Waals surface area contributed by atoms with Gasteiger partial charge in [-0.2, -0.15) is 0 Å². The largest absolute Gasteiger partial charge is 0.480 e. The van der Waals surface area contributed by atoms with Crippen molar-refractivity contribution in [3.63, 3.8) is 0 Å². The molecule has 2 amide bonds. The molecule has 0 spiro atoms. The lowest BCUT2D eigenvalue weighted by Gasteiger charge is -2.34. The molecular formula is C25H32F2N4O5. The van der Waals surface area contributed by atoms with Gasteiger partial charge in [-0.1, -0.05) is 12.6 Å². The van der Waals surface area contributed by atoms with E-state index in [1.165, 1.54) is 13.2 Å². The maximum absolute atomic E-state index is 13.3. The molecule has 9 nitrogen and oxygen atoms in total. The number of benzene rings is 2. The van der Waals surface area contributed by atoms with Gasteiger partial charge in [0.2, 0.25) is 12.3 Å². The molecule has 2 aromatic carbocycles. The highest BCUT2D eigenvalue weighted by atomic mass is 19.1. The zero-order valence-corrected chi connectivity index (χ0v) is 20.5. The van der Waals surface area contributed by atoms with E-state index in [-0.39, 0.29) is 36.4 Å². The fourth-order valence-electron chi connectivity index (χ4n) is 3.10. The van der Waals surface area contributed by atoms with Gasteiger partial charge in [0.25, 0.3) is 5.91 Å². The van der Waals surface area contributed by atoms with E-state index < -0.39 is 11.6 Å². The van der Waals surface area contributed by atoms with Crippen LogP contribution in [-0.2, 0) is 14.3 Å². The smallest absolute Gasteiger partial charge is 0.254 e. The van der Waals surface area contributed by atoms with E-state index in [1.54, 1.807) is 24.0 Å². The van der Waals surface area contributed by atoms with Crippen molar-refractivity contribution < 1.29 is 33.0 Å². The first-order valence-electron chi connectivity index (χ1n) is 10.9. The molecule has 1 atom stereocenters. The van der Waals surface area contributed by atoms with Crippen molar-refractivity contribution in [1.29, 1.82) is 0 Å². The molecule has 4 N–H and O–H groups in total. The number of morpholine rings is 1. The minimum absolute atomic E-state index is 0.0556. The number of anilines is 1. The second-order valence-corrected chi connectivity index (χ2v) is 7.33. The van der Waals surface area contributed by atoms with Crippen LogP contribution < -0.4 is 11.1 Å². The third kappa shape index (κ3) is 9.08. The Labute approximate surface area is 209 Å². The number of rotatable bonds is 5. The molecule has 3 rings (SSSR count). The van der Waals surface area contributed by atoms with Crippen molar-refractivity contribution in [3.8, 4) is 0 Å².